The zero-order valence-corrected chi connectivity index (χ0v) is 18.3. The summed E-state index contributed by atoms with van der Waals surface area (Å²) in [6.45, 7) is 3.33. The van der Waals surface area contributed by atoms with Crippen LogP contribution < -0.4 is 16.0 Å². The fraction of sp³-hybridized carbons (Fsp3) is 0.684. The maximum atomic E-state index is 11.8. The molecular weight excluding hydrogens is 443 g/mol. The third-order valence-electron chi connectivity index (χ3n) is 4.79. The maximum absolute atomic E-state index is 11.8. The smallest absolute Gasteiger partial charge is 0.287 e. The Bertz CT molecular complexity index is 528. The van der Waals surface area contributed by atoms with Crippen LogP contribution in [0.4, 0.5) is 0 Å². The van der Waals surface area contributed by atoms with Crippen LogP contribution in [0.2, 0.25) is 0 Å². The van der Waals surface area contributed by atoms with Gasteiger partial charge in [-0.15, -0.1) is 24.0 Å². The number of amides is 1. The minimum Gasteiger partial charge on any atom is -0.459 e. The third-order valence-corrected chi connectivity index (χ3v) is 4.79. The van der Waals surface area contributed by atoms with Crippen LogP contribution in [-0.4, -0.2) is 38.0 Å². The standard InChI is InChI=1S/C19H32N4O2.HI/c1-15(10-11-16-7-4-3-5-8-16)23-19(20-2)22-13-12-21-18(24)17-9-6-14-25-17;/h6,9,14-16H,3-5,7-8,10-13H2,1-2H3,(H,21,24)(H2,20,22,23);1H. The van der Waals surface area contributed by atoms with Gasteiger partial charge in [-0.2, -0.15) is 0 Å². The Morgan fingerprint density at radius 2 is 2.00 bits per heavy atom. The average Bonchev–Trinajstić information content (AvgIpc) is 3.18. The van der Waals surface area contributed by atoms with Gasteiger partial charge in [-0.05, 0) is 37.8 Å². The second-order valence-electron chi connectivity index (χ2n) is 6.86. The van der Waals surface area contributed by atoms with Crippen LogP contribution in [0.3, 0.4) is 0 Å². The molecule has 148 valence electrons. The molecule has 2 rings (SSSR count). The first-order valence-corrected chi connectivity index (χ1v) is 9.48. The Balaban J connectivity index is 0.00000338. The Labute approximate surface area is 174 Å². The van der Waals surface area contributed by atoms with E-state index in [4.69, 9.17) is 4.42 Å². The average molecular weight is 476 g/mol. The van der Waals surface area contributed by atoms with E-state index in [1.807, 2.05) is 0 Å². The van der Waals surface area contributed by atoms with E-state index in [1.54, 1.807) is 19.2 Å². The number of carbonyl (C=O) groups excluding carboxylic acids is 1. The number of carbonyl (C=O) groups is 1. The lowest BCUT2D eigenvalue weighted by Crippen LogP contribution is -2.44. The highest BCUT2D eigenvalue weighted by atomic mass is 127. The molecule has 7 heteroatoms. The van der Waals surface area contributed by atoms with Gasteiger partial charge in [0.2, 0.25) is 0 Å². The SMILES string of the molecule is CN=C(NCCNC(=O)c1ccco1)NC(C)CCC1CCCCC1.I. The summed E-state index contributed by atoms with van der Waals surface area (Å²) >= 11 is 0. The first kappa shape index (κ1) is 22.8. The minimum absolute atomic E-state index is 0. The van der Waals surface area contributed by atoms with Crippen molar-refractivity contribution in [1.82, 2.24) is 16.0 Å². The Morgan fingerprint density at radius 3 is 2.65 bits per heavy atom. The maximum Gasteiger partial charge on any atom is 0.287 e. The first-order valence-electron chi connectivity index (χ1n) is 9.48. The van der Waals surface area contributed by atoms with Gasteiger partial charge in [0.15, 0.2) is 11.7 Å². The van der Waals surface area contributed by atoms with E-state index in [0.29, 0.717) is 24.9 Å². The zero-order valence-electron chi connectivity index (χ0n) is 15.9. The highest BCUT2D eigenvalue weighted by Gasteiger charge is 2.15. The van der Waals surface area contributed by atoms with Crippen molar-refractivity contribution >= 4 is 35.8 Å². The molecule has 1 unspecified atom stereocenters. The zero-order chi connectivity index (χ0) is 17.9. The molecule has 0 radical (unpaired) electrons. The van der Waals surface area contributed by atoms with Gasteiger partial charge in [-0.25, -0.2) is 0 Å². The number of hydrogen-bond acceptors (Lipinski definition) is 3. The fourth-order valence-electron chi connectivity index (χ4n) is 3.31. The van der Waals surface area contributed by atoms with E-state index in [0.717, 1.165) is 11.9 Å². The van der Waals surface area contributed by atoms with Crippen LogP contribution in [-0.2, 0) is 0 Å². The van der Waals surface area contributed by atoms with Crippen LogP contribution in [0.25, 0.3) is 0 Å². The van der Waals surface area contributed by atoms with E-state index >= 15 is 0 Å². The topological polar surface area (TPSA) is 78.7 Å². The van der Waals surface area contributed by atoms with Crippen molar-refractivity contribution in [3.05, 3.63) is 24.2 Å². The van der Waals surface area contributed by atoms with E-state index in [-0.39, 0.29) is 29.9 Å². The van der Waals surface area contributed by atoms with Gasteiger partial charge in [0.1, 0.15) is 0 Å². The summed E-state index contributed by atoms with van der Waals surface area (Å²) in [4.78, 5) is 16.0. The summed E-state index contributed by atoms with van der Waals surface area (Å²) in [6.07, 6.45) is 11.0. The summed E-state index contributed by atoms with van der Waals surface area (Å²) in [5.41, 5.74) is 0. The van der Waals surface area contributed by atoms with Gasteiger partial charge in [0.05, 0.1) is 6.26 Å². The summed E-state index contributed by atoms with van der Waals surface area (Å²) < 4.78 is 5.06. The molecule has 26 heavy (non-hydrogen) atoms. The molecule has 0 spiro atoms. The lowest BCUT2D eigenvalue weighted by molar-refractivity contribution is 0.0926. The Hall–Kier alpha value is -1.25. The quantitative estimate of drug-likeness (QED) is 0.232. The van der Waals surface area contributed by atoms with Gasteiger partial charge >= 0.3 is 0 Å². The van der Waals surface area contributed by atoms with Gasteiger partial charge in [0.25, 0.3) is 5.91 Å². The fourth-order valence-corrected chi connectivity index (χ4v) is 3.31. The normalized spacial score (nSPS) is 16.5. The number of guanidine groups is 1. The van der Waals surface area contributed by atoms with Crippen LogP contribution >= 0.6 is 24.0 Å². The molecule has 0 saturated heterocycles. The molecule has 1 aliphatic carbocycles. The summed E-state index contributed by atoms with van der Waals surface area (Å²) in [5.74, 6) is 1.82. The Kier molecular flexibility index (Phi) is 11.4. The minimum atomic E-state index is -0.199. The lowest BCUT2D eigenvalue weighted by atomic mass is 9.85. The predicted molar refractivity (Wildman–Crippen MR) is 116 cm³/mol. The van der Waals surface area contributed by atoms with Gasteiger partial charge in [0, 0.05) is 26.2 Å². The molecule has 1 aliphatic rings. The summed E-state index contributed by atoms with van der Waals surface area (Å²) in [7, 11) is 1.77. The van der Waals surface area contributed by atoms with E-state index < -0.39 is 0 Å². The number of rotatable bonds is 8. The summed E-state index contributed by atoms with van der Waals surface area (Å²) in [6, 6.07) is 3.75. The Morgan fingerprint density at radius 1 is 1.27 bits per heavy atom. The highest BCUT2D eigenvalue weighted by Crippen LogP contribution is 2.27. The molecule has 0 aliphatic heterocycles. The van der Waals surface area contributed by atoms with Crippen molar-refractivity contribution in [2.24, 2.45) is 10.9 Å². The second-order valence-corrected chi connectivity index (χ2v) is 6.86. The molecule has 1 aromatic rings. The third kappa shape index (κ3) is 8.42. The number of aliphatic imine (C=N–C) groups is 1. The highest BCUT2D eigenvalue weighted by molar-refractivity contribution is 14.0. The number of hydrogen-bond donors (Lipinski definition) is 3. The number of furan rings is 1. The van der Waals surface area contributed by atoms with E-state index in [1.165, 1.54) is 51.2 Å². The van der Waals surface area contributed by atoms with E-state index in [2.05, 4.69) is 27.9 Å². The van der Waals surface area contributed by atoms with Crippen molar-refractivity contribution in [2.45, 2.75) is 57.9 Å². The van der Waals surface area contributed by atoms with E-state index in [9.17, 15) is 4.79 Å². The molecule has 1 saturated carbocycles. The molecule has 1 fully saturated rings. The van der Waals surface area contributed by atoms with Crippen LogP contribution in [0, 0.1) is 5.92 Å². The van der Waals surface area contributed by atoms with Crippen LogP contribution in [0.5, 0.6) is 0 Å². The molecule has 1 aromatic heterocycles. The van der Waals surface area contributed by atoms with Crippen molar-refractivity contribution in [3.63, 3.8) is 0 Å². The number of nitrogens with zero attached hydrogens (tertiary/aromatic N) is 1. The molecule has 1 atom stereocenters. The van der Waals surface area contributed by atoms with Gasteiger partial charge < -0.3 is 20.4 Å². The molecular formula is C19H33IN4O2. The molecule has 1 heterocycles. The van der Waals surface area contributed by atoms with Crippen molar-refractivity contribution < 1.29 is 9.21 Å². The van der Waals surface area contributed by atoms with Crippen molar-refractivity contribution in [2.75, 3.05) is 20.1 Å². The molecule has 0 aromatic carbocycles. The van der Waals surface area contributed by atoms with Crippen molar-refractivity contribution in [3.8, 4) is 0 Å². The summed E-state index contributed by atoms with van der Waals surface area (Å²) in [5, 5.41) is 9.47. The lowest BCUT2D eigenvalue weighted by Gasteiger charge is -2.24. The molecule has 3 N–H and O–H groups in total. The molecule has 6 nitrogen and oxygen atoms in total. The van der Waals surface area contributed by atoms with Crippen LogP contribution in [0.15, 0.2) is 27.8 Å². The second kappa shape index (κ2) is 13.0. The number of halogens is 1. The van der Waals surface area contributed by atoms with Gasteiger partial charge in [-0.1, -0.05) is 32.1 Å². The predicted octanol–water partition coefficient (Wildman–Crippen LogP) is 3.54. The number of nitrogens with one attached hydrogen (secondary N) is 3. The van der Waals surface area contributed by atoms with Crippen LogP contribution in [0.1, 0.15) is 62.4 Å². The monoisotopic (exact) mass is 476 g/mol. The van der Waals surface area contributed by atoms with Gasteiger partial charge in [-0.3, -0.25) is 9.79 Å². The first-order chi connectivity index (χ1) is 12.2. The largest absolute Gasteiger partial charge is 0.459 e. The molecule has 0 bridgehead atoms. The molecule has 1 amide bonds. The van der Waals surface area contributed by atoms with Crippen molar-refractivity contribution in [1.29, 1.82) is 0 Å².